The first kappa shape index (κ1) is 19.9. The number of hydrogen-bond acceptors (Lipinski definition) is 3. The molecule has 2 aliphatic rings. The summed E-state index contributed by atoms with van der Waals surface area (Å²) in [5.41, 5.74) is 2.85. The number of carbonyl (C=O) groups excluding carboxylic acids is 2. The zero-order chi connectivity index (χ0) is 19.2. The molecule has 0 bridgehead atoms. The molecule has 3 rings (SSSR count). The van der Waals surface area contributed by atoms with Crippen LogP contribution in [0.15, 0.2) is 24.3 Å². The molecule has 27 heavy (non-hydrogen) atoms. The largest absolute Gasteiger partial charge is 0.550 e. The van der Waals surface area contributed by atoms with Gasteiger partial charge in [-0.3, -0.25) is 4.79 Å². The summed E-state index contributed by atoms with van der Waals surface area (Å²) >= 11 is 0. The van der Waals surface area contributed by atoms with Crippen molar-refractivity contribution in [3.63, 3.8) is 0 Å². The van der Waals surface area contributed by atoms with Crippen LogP contribution in [0.25, 0.3) is 0 Å². The predicted octanol–water partition coefficient (Wildman–Crippen LogP) is 1.05. The van der Waals surface area contributed by atoms with Gasteiger partial charge in [-0.25, -0.2) is 0 Å². The summed E-state index contributed by atoms with van der Waals surface area (Å²) in [6.07, 6.45) is 6.63. The van der Waals surface area contributed by atoms with Crippen LogP contribution in [0.3, 0.4) is 0 Å². The summed E-state index contributed by atoms with van der Waals surface area (Å²) in [7, 11) is 0. The third kappa shape index (κ3) is 5.32. The molecule has 5 heteroatoms. The maximum atomic E-state index is 12.1. The molecule has 1 aliphatic carbocycles. The molecule has 0 unspecified atom stereocenters. The van der Waals surface area contributed by atoms with Crippen LogP contribution in [-0.4, -0.2) is 43.0 Å². The van der Waals surface area contributed by atoms with E-state index >= 15 is 0 Å². The van der Waals surface area contributed by atoms with E-state index in [9.17, 15) is 14.7 Å². The first-order chi connectivity index (χ1) is 13.0. The van der Waals surface area contributed by atoms with Crippen LogP contribution in [0.4, 0.5) is 0 Å². The van der Waals surface area contributed by atoms with Gasteiger partial charge in [0.1, 0.15) is 6.04 Å². The highest BCUT2D eigenvalue weighted by molar-refractivity contribution is 5.80. The average Bonchev–Trinajstić information content (AvgIpc) is 2.72. The number of quaternary nitrogens is 1. The second-order valence-electron chi connectivity index (χ2n) is 8.13. The third-order valence-corrected chi connectivity index (χ3v) is 6.43. The Morgan fingerprint density at radius 3 is 2.30 bits per heavy atom. The van der Waals surface area contributed by atoms with Gasteiger partial charge in [0.05, 0.1) is 26.2 Å². The standard InChI is InChI=1S/C22H32N2O3/c1-17(18-7-9-20(10-8-18)19-5-3-2-4-6-19)23-13-15-24(16-14-23)21(25)11-12-22(26)27/h7-10,17,19H,2-6,11-16H2,1H3,(H,26,27)/t17-/m1/s1. The van der Waals surface area contributed by atoms with E-state index in [1.165, 1.54) is 48.1 Å². The number of carboxylic acids is 1. The molecular weight excluding hydrogens is 340 g/mol. The number of nitrogens with one attached hydrogen (secondary N) is 1. The highest BCUT2D eigenvalue weighted by Crippen LogP contribution is 2.32. The van der Waals surface area contributed by atoms with Crippen molar-refractivity contribution in [2.45, 2.75) is 63.8 Å². The normalized spacial score (nSPS) is 20.4. The minimum Gasteiger partial charge on any atom is -0.550 e. The van der Waals surface area contributed by atoms with Gasteiger partial charge in [0, 0.05) is 18.0 Å². The zero-order valence-electron chi connectivity index (χ0n) is 16.4. The van der Waals surface area contributed by atoms with Crippen molar-refractivity contribution < 1.29 is 19.6 Å². The zero-order valence-corrected chi connectivity index (χ0v) is 16.4. The molecule has 5 nitrogen and oxygen atoms in total. The number of rotatable bonds is 6. The molecule has 1 atom stereocenters. The van der Waals surface area contributed by atoms with Crippen LogP contribution < -0.4 is 10.0 Å². The number of amides is 1. The molecule has 1 aliphatic heterocycles. The van der Waals surface area contributed by atoms with Crippen LogP contribution in [0.1, 0.15) is 75.0 Å². The highest BCUT2D eigenvalue weighted by Gasteiger charge is 2.27. The smallest absolute Gasteiger partial charge is 0.223 e. The molecule has 1 aromatic rings. The van der Waals surface area contributed by atoms with Crippen molar-refractivity contribution in [1.82, 2.24) is 4.90 Å². The lowest BCUT2D eigenvalue weighted by Crippen LogP contribution is -3.14. The molecule has 148 valence electrons. The number of benzene rings is 1. The lowest BCUT2D eigenvalue weighted by Gasteiger charge is -2.35. The van der Waals surface area contributed by atoms with Crippen LogP contribution in [0.5, 0.6) is 0 Å². The third-order valence-electron chi connectivity index (χ3n) is 6.43. The summed E-state index contributed by atoms with van der Waals surface area (Å²) in [5, 5.41) is 10.5. The lowest BCUT2D eigenvalue weighted by molar-refractivity contribution is -0.933. The van der Waals surface area contributed by atoms with E-state index in [1.807, 2.05) is 0 Å². The van der Waals surface area contributed by atoms with Gasteiger partial charge in [-0.2, -0.15) is 0 Å². The van der Waals surface area contributed by atoms with E-state index in [4.69, 9.17) is 0 Å². The Hall–Kier alpha value is -1.88. The number of carboxylic acid groups (broad SMARTS) is 1. The second-order valence-corrected chi connectivity index (χ2v) is 8.13. The average molecular weight is 373 g/mol. The molecule has 1 heterocycles. The summed E-state index contributed by atoms with van der Waals surface area (Å²) in [6, 6.07) is 9.63. The second kappa shape index (κ2) is 9.36. The molecule has 0 aromatic heterocycles. The Balaban J connectivity index is 1.50. The van der Waals surface area contributed by atoms with Gasteiger partial charge in [-0.1, -0.05) is 43.5 Å². The summed E-state index contributed by atoms with van der Waals surface area (Å²) < 4.78 is 0. The quantitative estimate of drug-likeness (QED) is 0.812. The lowest BCUT2D eigenvalue weighted by atomic mass is 9.83. The van der Waals surface area contributed by atoms with Crippen molar-refractivity contribution in [3.05, 3.63) is 35.4 Å². The Labute approximate surface area is 162 Å². The summed E-state index contributed by atoms with van der Waals surface area (Å²) in [4.78, 5) is 25.9. The molecule has 0 radical (unpaired) electrons. The van der Waals surface area contributed by atoms with Gasteiger partial charge >= 0.3 is 0 Å². The molecule has 0 spiro atoms. The predicted molar refractivity (Wildman–Crippen MR) is 102 cm³/mol. The maximum Gasteiger partial charge on any atom is 0.223 e. The van der Waals surface area contributed by atoms with Gasteiger partial charge in [0.15, 0.2) is 0 Å². The van der Waals surface area contributed by atoms with Gasteiger partial charge in [-0.05, 0) is 37.7 Å². The van der Waals surface area contributed by atoms with Crippen molar-refractivity contribution in [1.29, 1.82) is 0 Å². The Morgan fingerprint density at radius 1 is 1.07 bits per heavy atom. The van der Waals surface area contributed by atoms with E-state index in [1.54, 1.807) is 4.90 Å². The van der Waals surface area contributed by atoms with E-state index < -0.39 is 5.97 Å². The molecular formula is C22H32N2O3. The molecule has 1 amide bonds. The number of carbonyl (C=O) groups is 2. The molecule has 1 saturated carbocycles. The number of aliphatic carboxylic acids is 1. The number of hydrogen-bond donors (Lipinski definition) is 1. The Bertz CT molecular complexity index is 629. The fraction of sp³-hybridized carbons (Fsp3) is 0.636. The van der Waals surface area contributed by atoms with Gasteiger partial charge < -0.3 is 19.7 Å². The minimum atomic E-state index is -1.15. The van der Waals surface area contributed by atoms with Crippen LogP contribution in [-0.2, 0) is 9.59 Å². The molecule has 1 N–H and O–H groups in total. The van der Waals surface area contributed by atoms with Gasteiger partial charge in [0.25, 0.3) is 0 Å². The van der Waals surface area contributed by atoms with Crippen LogP contribution in [0.2, 0.25) is 0 Å². The minimum absolute atomic E-state index is 0.0514. The van der Waals surface area contributed by atoms with Gasteiger partial charge in [-0.15, -0.1) is 0 Å². The Kier molecular flexibility index (Phi) is 6.89. The molecule has 1 aromatic carbocycles. The van der Waals surface area contributed by atoms with E-state index in [0.29, 0.717) is 19.1 Å². The van der Waals surface area contributed by atoms with Crippen LogP contribution >= 0.6 is 0 Å². The summed E-state index contributed by atoms with van der Waals surface area (Å²) in [6.45, 7) is 5.47. The van der Waals surface area contributed by atoms with Crippen molar-refractivity contribution in [3.8, 4) is 0 Å². The highest BCUT2D eigenvalue weighted by atomic mass is 16.4. The fourth-order valence-electron chi connectivity index (χ4n) is 4.57. The molecule has 1 saturated heterocycles. The number of nitrogens with zero attached hydrogens (tertiary/aromatic N) is 1. The SMILES string of the molecule is C[C@H](c1ccc(C2CCCCC2)cc1)[NH+]1CCN(C(=O)CCC(=O)[O-])CC1. The summed E-state index contributed by atoms with van der Waals surface area (Å²) in [5.74, 6) is -0.480. The first-order valence-electron chi connectivity index (χ1n) is 10.5. The monoisotopic (exact) mass is 372 g/mol. The topological polar surface area (TPSA) is 64.9 Å². The van der Waals surface area contributed by atoms with Gasteiger partial charge in [0.2, 0.25) is 5.91 Å². The van der Waals surface area contributed by atoms with Crippen LogP contribution in [0, 0.1) is 0 Å². The van der Waals surface area contributed by atoms with Crippen molar-refractivity contribution in [2.75, 3.05) is 26.2 Å². The molecule has 2 fully saturated rings. The van der Waals surface area contributed by atoms with E-state index in [0.717, 1.165) is 19.0 Å². The Morgan fingerprint density at radius 2 is 1.70 bits per heavy atom. The van der Waals surface area contributed by atoms with Crippen molar-refractivity contribution >= 4 is 11.9 Å². The van der Waals surface area contributed by atoms with E-state index in [-0.39, 0.29) is 18.7 Å². The first-order valence-corrected chi connectivity index (χ1v) is 10.5. The fourth-order valence-corrected chi connectivity index (χ4v) is 4.57. The number of piperazine rings is 1. The van der Waals surface area contributed by atoms with Crippen molar-refractivity contribution in [2.24, 2.45) is 0 Å². The van der Waals surface area contributed by atoms with E-state index in [2.05, 4.69) is 31.2 Å². The maximum absolute atomic E-state index is 12.1.